The monoisotopic (exact) mass is 245 g/mol. The molecule has 0 bridgehead atoms. The van der Waals surface area contributed by atoms with Crippen molar-refractivity contribution in [2.24, 2.45) is 5.73 Å². The van der Waals surface area contributed by atoms with Gasteiger partial charge in [0.05, 0.1) is 17.9 Å². The van der Waals surface area contributed by atoms with Crippen molar-refractivity contribution in [2.45, 2.75) is 13.0 Å². The van der Waals surface area contributed by atoms with Crippen LogP contribution in [0.1, 0.15) is 29.1 Å². The Kier molecular flexibility index (Phi) is 3.23. The second kappa shape index (κ2) is 4.83. The standard InChI is InChI=1S/C13H15N3O2/c1-8(12-3-2-6-18-12)16-9-4-5-11(14)10(7-9)13(15)17/h2-8,16H,14H2,1H3,(H2,15,17). The number of carbonyl (C=O) groups is 1. The predicted octanol–water partition coefficient (Wildman–Crippen LogP) is 2.13. The van der Waals surface area contributed by atoms with Crippen molar-refractivity contribution < 1.29 is 9.21 Å². The highest BCUT2D eigenvalue weighted by molar-refractivity contribution is 5.98. The van der Waals surface area contributed by atoms with Gasteiger partial charge in [0.2, 0.25) is 0 Å². The Labute approximate surface area is 105 Å². The summed E-state index contributed by atoms with van der Waals surface area (Å²) in [6, 6.07) is 8.77. The van der Waals surface area contributed by atoms with E-state index in [1.54, 1.807) is 24.5 Å². The maximum Gasteiger partial charge on any atom is 0.250 e. The zero-order chi connectivity index (χ0) is 13.1. The van der Waals surface area contributed by atoms with Gasteiger partial charge in [-0.3, -0.25) is 4.79 Å². The molecule has 1 amide bonds. The van der Waals surface area contributed by atoms with Crippen LogP contribution in [0.15, 0.2) is 41.0 Å². The van der Waals surface area contributed by atoms with Crippen LogP contribution < -0.4 is 16.8 Å². The lowest BCUT2D eigenvalue weighted by molar-refractivity contribution is 0.100. The molecule has 0 fully saturated rings. The minimum Gasteiger partial charge on any atom is -0.467 e. The molecule has 0 aliphatic carbocycles. The molecule has 0 saturated heterocycles. The Bertz CT molecular complexity index is 549. The van der Waals surface area contributed by atoms with E-state index in [9.17, 15) is 4.79 Å². The van der Waals surface area contributed by atoms with E-state index in [0.717, 1.165) is 11.4 Å². The number of primary amides is 1. The van der Waals surface area contributed by atoms with E-state index in [2.05, 4.69) is 5.32 Å². The Morgan fingerprint density at radius 2 is 2.17 bits per heavy atom. The Hall–Kier alpha value is -2.43. The smallest absolute Gasteiger partial charge is 0.250 e. The van der Waals surface area contributed by atoms with Crippen molar-refractivity contribution in [3.63, 3.8) is 0 Å². The van der Waals surface area contributed by atoms with Crippen LogP contribution in [0.3, 0.4) is 0 Å². The number of nitrogen functional groups attached to an aromatic ring is 1. The molecule has 94 valence electrons. The molecule has 5 heteroatoms. The minimum absolute atomic E-state index is 0.00986. The number of anilines is 2. The third-order valence-electron chi connectivity index (χ3n) is 2.67. The number of benzene rings is 1. The zero-order valence-electron chi connectivity index (χ0n) is 10.0. The average Bonchev–Trinajstić information content (AvgIpc) is 2.85. The van der Waals surface area contributed by atoms with Gasteiger partial charge in [0.15, 0.2) is 0 Å². The van der Waals surface area contributed by atoms with E-state index < -0.39 is 5.91 Å². The molecule has 18 heavy (non-hydrogen) atoms. The first-order chi connectivity index (χ1) is 8.58. The Balaban J connectivity index is 2.20. The van der Waals surface area contributed by atoms with Gasteiger partial charge in [-0.05, 0) is 37.3 Å². The zero-order valence-corrected chi connectivity index (χ0v) is 10.0. The molecule has 1 aromatic carbocycles. The van der Waals surface area contributed by atoms with Crippen molar-refractivity contribution in [2.75, 3.05) is 11.1 Å². The van der Waals surface area contributed by atoms with E-state index in [4.69, 9.17) is 15.9 Å². The van der Waals surface area contributed by atoms with E-state index in [-0.39, 0.29) is 6.04 Å². The number of amides is 1. The maximum absolute atomic E-state index is 11.2. The number of carbonyl (C=O) groups excluding carboxylic acids is 1. The molecular formula is C13H15N3O2. The van der Waals surface area contributed by atoms with E-state index in [0.29, 0.717) is 11.3 Å². The number of hydrogen-bond donors (Lipinski definition) is 3. The van der Waals surface area contributed by atoms with E-state index >= 15 is 0 Å². The normalized spacial score (nSPS) is 12.1. The first-order valence-corrected chi connectivity index (χ1v) is 5.57. The highest BCUT2D eigenvalue weighted by atomic mass is 16.3. The van der Waals surface area contributed by atoms with Crippen molar-refractivity contribution >= 4 is 17.3 Å². The quantitative estimate of drug-likeness (QED) is 0.719. The number of nitrogens with one attached hydrogen (secondary N) is 1. The van der Waals surface area contributed by atoms with Crippen molar-refractivity contribution in [3.05, 3.63) is 47.9 Å². The van der Waals surface area contributed by atoms with Gasteiger partial charge in [-0.15, -0.1) is 0 Å². The molecule has 1 heterocycles. The summed E-state index contributed by atoms with van der Waals surface area (Å²) in [5, 5.41) is 3.21. The fourth-order valence-corrected chi connectivity index (χ4v) is 1.72. The van der Waals surface area contributed by atoms with Gasteiger partial charge >= 0.3 is 0 Å². The van der Waals surface area contributed by atoms with E-state index in [1.807, 2.05) is 19.1 Å². The number of rotatable bonds is 4. The number of hydrogen-bond acceptors (Lipinski definition) is 4. The summed E-state index contributed by atoms with van der Waals surface area (Å²) in [5.41, 5.74) is 12.4. The van der Waals surface area contributed by atoms with Crippen molar-refractivity contribution in [1.29, 1.82) is 0 Å². The molecule has 2 rings (SSSR count). The fourth-order valence-electron chi connectivity index (χ4n) is 1.72. The molecule has 2 aromatic rings. The highest BCUT2D eigenvalue weighted by Gasteiger charge is 2.10. The topological polar surface area (TPSA) is 94.3 Å². The van der Waals surface area contributed by atoms with Crippen LogP contribution in [0.4, 0.5) is 11.4 Å². The molecule has 1 unspecified atom stereocenters. The molecule has 1 aromatic heterocycles. The molecule has 0 aliphatic rings. The Morgan fingerprint density at radius 3 is 2.78 bits per heavy atom. The summed E-state index contributed by atoms with van der Waals surface area (Å²) < 4.78 is 5.29. The third kappa shape index (κ3) is 2.45. The summed E-state index contributed by atoms with van der Waals surface area (Å²) in [6.07, 6.45) is 1.62. The lowest BCUT2D eigenvalue weighted by atomic mass is 10.1. The van der Waals surface area contributed by atoms with Gasteiger partial charge < -0.3 is 21.2 Å². The molecule has 5 nitrogen and oxygen atoms in total. The number of nitrogens with two attached hydrogens (primary N) is 2. The van der Waals surface area contributed by atoms with Crippen LogP contribution in [-0.4, -0.2) is 5.91 Å². The highest BCUT2D eigenvalue weighted by Crippen LogP contribution is 2.22. The summed E-state index contributed by atoms with van der Waals surface area (Å²) >= 11 is 0. The average molecular weight is 245 g/mol. The lowest BCUT2D eigenvalue weighted by Gasteiger charge is -2.14. The second-order valence-corrected chi connectivity index (χ2v) is 4.05. The van der Waals surface area contributed by atoms with Gasteiger partial charge in [-0.2, -0.15) is 0 Å². The summed E-state index contributed by atoms with van der Waals surface area (Å²) in [4.78, 5) is 11.2. The van der Waals surface area contributed by atoms with Crippen molar-refractivity contribution in [3.8, 4) is 0 Å². The fraction of sp³-hybridized carbons (Fsp3) is 0.154. The summed E-state index contributed by atoms with van der Waals surface area (Å²) in [6.45, 7) is 1.96. The molecule has 0 aliphatic heterocycles. The van der Waals surface area contributed by atoms with Gasteiger partial charge in [-0.1, -0.05) is 0 Å². The van der Waals surface area contributed by atoms with Crippen LogP contribution in [0.2, 0.25) is 0 Å². The minimum atomic E-state index is -0.540. The van der Waals surface area contributed by atoms with Crippen LogP contribution >= 0.6 is 0 Å². The molecule has 1 atom stereocenters. The van der Waals surface area contributed by atoms with Crippen LogP contribution in [0.25, 0.3) is 0 Å². The van der Waals surface area contributed by atoms with E-state index in [1.165, 1.54) is 0 Å². The first-order valence-electron chi connectivity index (χ1n) is 5.57. The Morgan fingerprint density at radius 1 is 1.39 bits per heavy atom. The molecule has 5 N–H and O–H groups in total. The summed E-state index contributed by atoms with van der Waals surface area (Å²) in [7, 11) is 0. The maximum atomic E-state index is 11.2. The van der Waals surface area contributed by atoms with Gasteiger partial charge in [-0.25, -0.2) is 0 Å². The molecular weight excluding hydrogens is 230 g/mol. The van der Waals surface area contributed by atoms with Gasteiger partial charge in [0, 0.05) is 11.4 Å². The third-order valence-corrected chi connectivity index (χ3v) is 2.67. The lowest BCUT2D eigenvalue weighted by Crippen LogP contribution is -2.14. The van der Waals surface area contributed by atoms with Crippen LogP contribution in [0, 0.1) is 0 Å². The second-order valence-electron chi connectivity index (χ2n) is 4.05. The van der Waals surface area contributed by atoms with Gasteiger partial charge in [0.1, 0.15) is 5.76 Å². The molecule has 0 radical (unpaired) electrons. The number of furan rings is 1. The largest absolute Gasteiger partial charge is 0.467 e. The molecule has 0 spiro atoms. The predicted molar refractivity (Wildman–Crippen MR) is 70.1 cm³/mol. The summed E-state index contributed by atoms with van der Waals surface area (Å²) in [5.74, 6) is 0.272. The van der Waals surface area contributed by atoms with Crippen LogP contribution in [-0.2, 0) is 0 Å². The van der Waals surface area contributed by atoms with Crippen molar-refractivity contribution in [1.82, 2.24) is 0 Å². The molecule has 0 saturated carbocycles. The first kappa shape index (κ1) is 12.0. The van der Waals surface area contributed by atoms with Gasteiger partial charge in [0.25, 0.3) is 5.91 Å². The SMILES string of the molecule is CC(Nc1ccc(N)c(C(N)=O)c1)c1ccco1. The van der Waals surface area contributed by atoms with Crippen LogP contribution in [0.5, 0.6) is 0 Å².